The molecule has 1 aromatic rings. The van der Waals surface area contributed by atoms with Crippen molar-refractivity contribution in [3.63, 3.8) is 0 Å². The van der Waals surface area contributed by atoms with Crippen LogP contribution in [0.2, 0.25) is 0 Å². The lowest BCUT2D eigenvalue weighted by molar-refractivity contribution is -0.387. The highest BCUT2D eigenvalue weighted by atomic mass is 32.2. The highest BCUT2D eigenvalue weighted by Gasteiger charge is 2.31. The normalized spacial score (nSPS) is 22.9. The van der Waals surface area contributed by atoms with Crippen molar-refractivity contribution in [3.05, 3.63) is 28.3 Å². The summed E-state index contributed by atoms with van der Waals surface area (Å²) in [5, 5.41) is 11.0. The van der Waals surface area contributed by atoms with E-state index in [1.165, 1.54) is 6.07 Å². The van der Waals surface area contributed by atoms with E-state index in [2.05, 4.69) is 4.72 Å². The van der Waals surface area contributed by atoms with Gasteiger partial charge in [-0.15, -0.1) is 0 Å². The second-order valence-corrected chi connectivity index (χ2v) is 7.16. The van der Waals surface area contributed by atoms with Crippen LogP contribution in [0.1, 0.15) is 32.6 Å². The van der Waals surface area contributed by atoms with E-state index in [4.69, 9.17) is 5.73 Å². The maximum atomic E-state index is 12.5. The number of benzene rings is 1. The zero-order valence-electron chi connectivity index (χ0n) is 11.8. The zero-order chi connectivity index (χ0) is 15.6. The monoisotopic (exact) mass is 313 g/mol. The lowest BCUT2D eigenvalue weighted by atomic mass is 9.87. The van der Waals surface area contributed by atoms with Crippen LogP contribution in [0.25, 0.3) is 0 Å². The van der Waals surface area contributed by atoms with Gasteiger partial charge in [0.25, 0.3) is 5.69 Å². The van der Waals surface area contributed by atoms with Crippen molar-refractivity contribution in [1.82, 2.24) is 4.72 Å². The molecule has 2 atom stereocenters. The van der Waals surface area contributed by atoms with E-state index in [9.17, 15) is 18.5 Å². The zero-order valence-corrected chi connectivity index (χ0v) is 12.6. The fraction of sp³-hybridized carbons (Fsp3) is 0.538. The molecule has 116 valence electrons. The van der Waals surface area contributed by atoms with E-state index in [1.54, 1.807) is 0 Å². The number of hydrogen-bond donors (Lipinski definition) is 2. The maximum absolute atomic E-state index is 12.5. The molecule has 2 unspecified atom stereocenters. The van der Waals surface area contributed by atoms with Crippen LogP contribution < -0.4 is 10.5 Å². The minimum atomic E-state index is -3.96. The molecular weight excluding hydrogens is 294 g/mol. The molecule has 0 aromatic heterocycles. The van der Waals surface area contributed by atoms with Gasteiger partial charge in [-0.3, -0.25) is 10.1 Å². The van der Waals surface area contributed by atoms with Crippen LogP contribution >= 0.6 is 0 Å². The summed E-state index contributed by atoms with van der Waals surface area (Å²) in [7, 11) is -3.96. The van der Waals surface area contributed by atoms with Crippen LogP contribution in [0.3, 0.4) is 0 Å². The van der Waals surface area contributed by atoms with Crippen LogP contribution in [0.4, 0.5) is 11.4 Å². The molecule has 0 spiro atoms. The van der Waals surface area contributed by atoms with Crippen LogP contribution in [0.15, 0.2) is 23.1 Å². The van der Waals surface area contributed by atoms with Crippen LogP contribution in [-0.4, -0.2) is 19.4 Å². The molecule has 0 heterocycles. The number of nitrogens with zero attached hydrogens (tertiary/aromatic N) is 1. The summed E-state index contributed by atoms with van der Waals surface area (Å²) in [6, 6.07) is 3.38. The molecule has 3 N–H and O–H groups in total. The number of sulfonamides is 1. The van der Waals surface area contributed by atoms with E-state index in [0.29, 0.717) is 0 Å². The molecule has 1 saturated carbocycles. The van der Waals surface area contributed by atoms with Crippen molar-refractivity contribution in [3.8, 4) is 0 Å². The standard InChI is InChI=1S/C13H19N3O4S/c1-9-4-2-3-5-11(9)15-21(19,20)13-8-10(14)6-7-12(13)16(17)18/h6-9,11,15H,2-5,14H2,1H3. The second kappa shape index (κ2) is 5.98. The van der Waals surface area contributed by atoms with Gasteiger partial charge < -0.3 is 5.73 Å². The van der Waals surface area contributed by atoms with Gasteiger partial charge in [-0.2, -0.15) is 0 Å². The maximum Gasteiger partial charge on any atom is 0.289 e. The quantitative estimate of drug-likeness (QED) is 0.501. The van der Waals surface area contributed by atoms with Crippen LogP contribution in [-0.2, 0) is 10.0 Å². The molecule has 0 radical (unpaired) electrons. The van der Waals surface area contributed by atoms with Crippen molar-refractivity contribution in [1.29, 1.82) is 0 Å². The highest BCUT2D eigenvalue weighted by molar-refractivity contribution is 7.89. The van der Waals surface area contributed by atoms with Crippen molar-refractivity contribution >= 4 is 21.4 Å². The molecule has 1 aliphatic carbocycles. The number of nitrogens with two attached hydrogens (primary N) is 1. The Morgan fingerprint density at radius 2 is 2.00 bits per heavy atom. The molecule has 2 rings (SSSR count). The smallest absolute Gasteiger partial charge is 0.289 e. The Bertz CT molecular complexity index is 645. The first-order valence-corrected chi connectivity index (χ1v) is 8.36. The van der Waals surface area contributed by atoms with Gasteiger partial charge in [0.1, 0.15) is 0 Å². The molecule has 0 aliphatic heterocycles. The molecule has 8 heteroatoms. The van der Waals surface area contributed by atoms with Gasteiger partial charge in [0.05, 0.1) is 4.92 Å². The fourth-order valence-electron chi connectivity index (χ4n) is 2.65. The molecule has 0 saturated heterocycles. The Balaban J connectivity index is 2.35. The van der Waals surface area contributed by atoms with E-state index in [0.717, 1.165) is 37.8 Å². The number of rotatable bonds is 4. The minimum Gasteiger partial charge on any atom is -0.399 e. The van der Waals surface area contributed by atoms with E-state index >= 15 is 0 Å². The van der Waals surface area contributed by atoms with Crippen molar-refractivity contribution in [2.75, 3.05) is 5.73 Å². The first-order chi connectivity index (χ1) is 9.81. The summed E-state index contributed by atoms with van der Waals surface area (Å²) in [6.45, 7) is 1.99. The number of nitrogens with one attached hydrogen (secondary N) is 1. The van der Waals surface area contributed by atoms with Crippen molar-refractivity contribution in [2.24, 2.45) is 5.92 Å². The molecule has 21 heavy (non-hydrogen) atoms. The first kappa shape index (κ1) is 15.7. The average Bonchev–Trinajstić information content (AvgIpc) is 2.41. The Hall–Kier alpha value is -1.67. The lowest BCUT2D eigenvalue weighted by Gasteiger charge is -2.29. The van der Waals surface area contributed by atoms with Gasteiger partial charge in [-0.25, -0.2) is 13.1 Å². The third kappa shape index (κ3) is 3.51. The summed E-state index contributed by atoms with van der Waals surface area (Å²) < 4.78 is 27.5. The molecule has 1 aromatic carbocycles. The predicted molar refractivity (Wildman–Crippen MR) is 79.3 cm³/mol. The first-order valence-electron chi connectivity index (χ1n) is 6.87. The average molecular weight is 313 g/mol. The minimum absolute atomic E-state index is 0.178. The third-order valence-corrected chi connectivity index (χ3v) is 5.41. The lowest BCUT2D eigenvalue weighted by Crippen LogP contribution is -2.41. The Kier molecular flexibility index (Phi) is 4.48. The van der Waals surface area contributed by atoms with E-state index in [1.807, 2.05) is 6.92 Å². The Morgan fingerprint density at radius 3 is 2.62 bits per heavy atom. The van der Waals surface area contributed by atoms with Crippen molar-refractivity contribution < 1.29 is 13.3 Å². The Labute approximate surface area is 123 Å². The van der Waals surface area contributed by atoms with Gasteiger partial charge >= 0.3 is 0 Å². The largest absolute Gasteiger partial charge is 0.399 e. The second-order valence-electron chi connectivity index (χ2n) is 5.47. The van der Waals surface area contributed by atoms with Crippen molar-refractivity contribution in [2.45, 2.75) is 43.5 Å². The van der Waals surface area contributed by atoms with Crippen LogP contribution in [0, 0.1) is 16.0 Å². The summed E-state index contributed by atoms with van der Waals surface area (Å²) in [4.78, 5) is 9.93. The SMILES string of the molecule is CC1CCCCC1NS(=O)(=O)c1cc(N)ccc1[N+](=O)[O-]. The number of nitro groups is 1. The predicted octanol–water partition coefficient (Wildman–Crippen LogP) is 2.03. The van der Waals surface area contributed by atoms with Gasteiger partial charge in [0.15, 0.2) is 4.90 Å². The van der Waals surface area contributed by atoms with Gasteiger partial charge in [0.2, 0.25) is 10.0 Å². The summed E-state index contributed by atoms with van der Waals surface area (Å²) in [5.74, 6) is 0.216. The number of anilines is 1. The summed E-state index contributed by atoms with van der Waals surface area (Å²) >= 11 is 0. The fourth-order valence-corrected chi connectivity index (χ4v) is 4.24. The molecular formula is C13H19N3O4S. The molecule has 0 bridgehead atoms. The third-order valence-electron chi connectivity index (χ3n) is 3.89. The van der Waals surface area contributed by atoms with Crippen LogP contribution in [0.5, 0.6) is 0 Å². The van der Waals surface area contributed by atoms with E-state index in [-0.39, 0.29) is 22.5 Å². The Morgan fingerprint density at radius 1 is 1.33 bits per heavy atom. The summed E-state index contributed by atoms with van der Waals surface area (Å²) in [5.41, 5.74) is 5.29. The molecule has 1 aliphatic rings. The molecule has 1 fully saturated rings. The number of hydrogen-bond acceptors (Lipinski definition) is 5. The number of nitro benzene ring substituents is 1. The highest BCUT2D eigenvalue weighted by Crippen LogP contribution is 2.29. The topological polar surface area (TPSA) is 115 Å². The van der Waals surface area contributed by atoms with E-state index < -0.39 is 20.6 Å². The van der Waals surface area contributed by atoms with Gasteiger partial charge in [0, 0.05) is 17.8 Å². The van der Waals surface area contributed by atoms with Gasteiger partial charge in [-0.1, -0.05) is 19.8 Å². The summed E-state index contributed by atoms with van der Waals surface area (Å²) in [6.07, 6.45) is 3.73. The van der Waals surface area contributed by atoms with Gasteiger partial charge in [-0.05, 0) is 30.9 Å². The molecule has 7 nitrogen and oxygen atoms in total. The molecule has 0 amide bonds. The number of nitrogen functional groups attached to an aromatic ring is 1.